The van der Waals surface area contributed by atoms with Crippen molar-refractivity contribution in [3.8, 4) is 0 Å². The number of hydrogen-bond acceptors (Lipinski definition) is 3. The molecule has 0 aromatic heterocycles. The van der Waals surface area contributed by atoms with Crippen molar-refractivity contribution >= 4 is 5.97 Å². The van der Waals surface area contributed by atoms with Gasteiger partial charge in [-0.2, -0.15) is 0 Å². The van der Waals surface area contributed by atoms with E-state index in [1.807, 2.05) is 6.26 Å². The third-order valence-electron chi connectivity index (χ3n) is 10.9. The summed E-state index contributed by atoms with van der Waals surface area (Å²) in [6.07, 6.45) is 17.2. The van der Waals surface area contributed by atoms with Crippen molar-refractivity contribution in [2.75, 3.05) is 14.2 Å². The molecule has 0 heterocycles. The van der Waals surface area contributed by atoms with Gasteiger partial charge in [0.25, 0.3) is 0 Å². The molecule has 0 N–H and O–H groups in total. The van der Waals surface area contributed by atoms with Crippen LogP contribution in [-0.2, 0) is 14.3 Å². The monoisotopic (exact) mass is 430 g/mol. The predicted octanol–water partition coefficient (Wildman–Crippen LogP) is 7.16. The third-order valence-corrected chi connectivity index (χ3v) is 10.9. The van der Waals surface area contributed by atoms with Crippen molar-refractivity contribution in [3.05, 3.63) is 11.8 Å². The van der Waals surface area contributed by atoms with Gasteiger partial charge in [0, 0.05) is 6.42 Å². The van der Waals surface area contributed by atoms with Crippen LogP contribution in [0.25, 0.3) is 0 Å². The molecular formula is C28H46O3. The van der Waals surface area contributed by atoms with Crippen molar-refractivity contribution in [2.45, 2.75) is 97.8 Å². The van der Waals surface area contributed by atoms with Crippen LogP contribution in [0.2, 0.25) is 0 Å². The fourth-order valence-corrected chi connectivity index (χ4v) is 9.23. The SMILES string of the molecule is COC=C1CC[C@@]2(C)[C@@H](CC[C@@H]3[C@@H]2CC[C@]2(C)[C@@H]([C@H](C)CCCC(=O)OC)CC[C@@H]32)C1. The normalized spacial score (nSPS) is 44.2. The number of hydrogen-bond donors (Lipinski definition) is 0. The highest BCUT2D eigenvalue weighted by Gasteiger charge is 2.60. The van der Waals surface area contributed by atoms with E-state index in [-0.39, 0.29) is 5.97 Å². The second kappa shape index (κ2) is 9.10. The van der Waals surface area contributed by atoms with Crippen LogP contribution >= 0.6 is 0 Å². The number of ether oxygens (including phenoxy) is 2. The largest absolute Gasteiger partial charge is 0.504 e. The van der Waals surface area contributed by atoms with Gasteiger partial charge in [0.2, 0.25) is 0 Å². The molecule has 3 nitrogen and oxygen atoms in total. The highest BCUT2D eigenvalue weighted by molar-refractivity contribution is 5.68. The summed E-state index contributed by atoms with van der Waals surface area (Å²) < 4.78 is 10.2. The number of methoxy groups -OCH3 is 2. The molecule has 176 valence electrons. The van der Waals surface area contributed by atoms with Gasteiger partial charge in [0.1, 0.15) is 0 Å². The molecule has 4 rings (SSSR count). The molecule has 0 aromatic rings. The van der Waals surface area contributed by atoms with Crippen molar-refractivity contribution in [1.29, 1.82) is 0 Å². The first-order valence-electron chi connectivity index (χ1n) is 13.1. The van der Waals surface area contributed by atoms with Gasteiger partial charge >= 0.3 is 5.97 Å². The summed E-state index contributed by atoms with van der Waals surface area (Å²) in [5.74, 6) is 5.17. The van der Waals surface area contributed by atoms with Crippen LogP contribution in [0.5, 0.6) is 0 Å². The molecular weight excluding hydrogens is 384 g/mol. The van der Waals surface area contributed by atoms with E-state index >= 15 is 0 Å². The Labute approximate surface area is 190 Å². The summed E-state index contributed by atoms with van der Waals surface area (Å²) in [6, 6.07) is 0. The third kappa shape index (κ3) is 4.08. The average Bonchev–Trinajstić information content (AvgIpc) is 3.11. The Morgan fingerprint density at radius 1 is 1.06 bits per heavy atom. The molecule has 0 amide bonds. The fourth-order valence-electron chi connectivity index (χ4n) is 9.23. The number of allylic oxidation sites excluding steroid dienone is 1. The van der Waals surface area contributed by atoms with E-state index in [0.717, 1.165) is 41.9 Å². The van der Waals surface area contributed by atoms with Gasteiger partial charge in [-0.15, -0.1) is 0 Å². The Morgan fingerprint density at radius 2 is 1.84 bits per heavy atom. The number of carbonyl (C=O) groups is 1. The molecule has 0 bridgehead atoms. The lowest BCUT2D eigenvalue weighted by molar-refractivity contribution is -0.140. The zero-order valence-electron chi connectivity index (χ0n) is 20.8. The first kappa shape index (κ1) is 23.2. The van der Waals surface area contributed by atoms with Crippen LogP contribution in [-0.4, -0.2) is 20.2 Å². The maximum atomic E-state index is 11.5. The van der Waals surface area contributed by atoms with Gasteiger partial charge < -0.3 is 9.47 Å². The quantitative estimate of drug-likeness (QED) is 0.331. The van der Waals surface area contributed by atoms with Gasteiger partial charge in [-0.1, -0.05) is 20.8 Å². The Balaban J connectivity index is 1.43. The van der Waals surface area contributed by atoms with E-state index < -0.39 is 0 Å². The minimum absolute atomic E-state index is 0.0517. The molecule has 4 saturated carbocycles. The van der Waals surface area contributed by atoms with Crippen molar-refractivity contribution < 1.29 is 14.3 Å². The van der Waals surface area contributed by atoms with Crippen LogP contribution < -0.4 is 0 Å². The number of carbonyl (C=O) groups excluding carboxylic acids is 1. The molecule has 0 aliphatic heterocycles. The standard InChI is InChI=1S/C28H46O3/c1-19(7-6-8-26(29)31-5)23-11-12-24-22-10-9-21-17-20(18-30-4)13-15-27(21,2)25(22)14-16-28(23,24)3/h18-19,21-25H,6-17H2,1-5H3/t19-,21+,22+,23-,24+,25+,27+,28-/m1/s1. The second-order valence-corrected chi connectivity index (χ2v) is 12.0. The highest BCUT2D eigenvalue weighted by Crippen LogP contribution is 2.68. The van der Waals surface area contributed by atoms with Gasteiger partial charge in [-0.3, -0.25) is 4.79 Å². The van der Waals surface area contributed by atoms with Crippen molar-refractivity contribution in [3.63, 3.8) is 0 Å². The average molecular weight is 431 g/mol. The molecule has 0 radical (unpaired) electrons. The molecule has 0 unspecified atom stereocenters. The summed E-state index contributed by atoms with van der Waals surface area (Å²) in [5.41, 5.74) is 2.61. The zero-order valence-corrected chi connectivity index (χ0v) is 20.8. The fraction of sp³-hybridized carbons (Fsp3) is 0.893. The summed E-state index contributed by atoms with van der Waals surface area (Å²) in [4.78, 5) is 11.5. The van der Waals surface area contributed by atoms with E-state index in [1.54, 1.807) is 12.7 Å². The predicted molar refractivity (Wildman–Crippen MR) is 125 cm³/mol. The molecule has 4 aliphatic carbocycles. The first-order valence-corrected chi connectivity index (χ1v) is 13.1. The van der Waals surface area contributed by atoms with Gasteiger partial charge in [0.05, 0.1) is 20.5 Å². The number of rotatable bonds is 6. The van der Waals surface area contributed by atoms with Crippen LogP contribution in [0.3, 0.4) is 0 Å². The highest BCUT2D eigenvalue weighted by atomic mass is 16.5. The minimum atomic E-state index is -0.0517. The second-order valence-electron chi connectivity index (χ2n) is 12.0. The molecule has 31 heavy (non-hydrogen) atoms. The topological polar surface area (TPSA) is 35.5 Å². The van der Waals surface area contributed by atoms with Crippen LogP contribution in [0.4, 0.5) is 0 Å². The lowest BCUT2D eigenvalue weighted by Gasteiger charge is -2.61. The molecule has 4 fully saturated rings. The van der Waals surface area contributed by atoms with E-state index in [2.05, 4.69) is 20.8 Å². The number of esters is 1. The first-order chi connectivity index (χ1) is 14.8. The summed E-state index contributed by atoms with van der Waals surface area (Å²) in [5, 5.41) is 0. The van der Waals surface area contributed by atoms with E-state index in [0.29, 0.717) is 17.3 Å². The molecule has 0 aromatic carbocycles. The van der Waals surface area contributed by atoms with E-state index in [1.165, 1.54) is 71.3 Å². The molecule has 4 aliphatic rings. The Kier molecular flexibility index (Phi) is 6.80. The van der Waals surface area contributed by atoms with Crippen LogP contribution in [0, 0.1) is 46.3 Å². The zero-order chi connectivity index (χ0) is 22.2. The number of fused-ring (bicyclic) bond motifs is 5. The van der Waals surface area contributed by atoms with Gasteiger partial charge in [-0.25, -0.2) is 0 Å². The van der Waals surface area contributed by atoms with Crippen LogP contribution in [0.15, 0.2) is 11.8 Å². The molecule has 3 heteroatoms. The molecule has 0 spiro atoms. The van der Waals surface area contributed by atoms with Crippen molar-refractivity contribution in [1.82, 2.24) is 0 Å². The summed E-state index contributed by atoms with van der Waals surface area (Å²) in [7, 11) is 3.30. The Bertz CT molecular complexity index is 684. The van der Waals surface area contributed by atoms with Crippen LogP contribution in [0.1, 0.15) is 97.8 Å². The van der Waals surface area contributed by atoms with Crippen molar-refractivity contribution in [2.24, 2.45) is 46.3 Å². The lowest BCUT2D eigenvalue weighted by atomic mass is 9.44. The van der Waals surface area contributed by atoms with E-state index in [4.69, 9.17) is 9.47 Å². The minimum Gasteiger partial charge on any atom is -0.504 e. The van der Waals surface area contributed by atoms with E-state index in [9.17, 15) is 4.79 Å². The lowest BCUT2D eigenvalue weighted by Crippen LogP contribution is -2.53. The summed E-state index contributed by atoms with van der Waals surface area (Å²) >= 11 is 0. The maximum Gasteiger partial charge on any atom is 0.305 e. The smallest absolute Gasteiger partial charge is 0.305 e. The molecule has 0 saturated heterocycles. The summed E-state index contributed by atoms with van der Waals surface area (Å²) in [6.45, 7) is 7.77. The Hall–Kier alpha value is -0.990. The maximum absolute atomic E-state index is 11.5. The van der Waals surface area contributed by atoms with Gasteiger partial charge in [0.15, 0.2) is 0 Å². The Morgan fingerprint density at radius 3 is 2.58 bits per heavy atom. The van der Waals surface area contributed by atoms with Gasteiger partial charge in [-0.05, 0) is 123 Å². The molecule has 8 atom stereocenters.